The summed E-state index contributed by atoms with van der Waals surface area (Å²) in [5.41, 5.74) is 9.26. The van der Waals surface area contributed by atoms with Crippen molar-refractivity contribution in [1.82, 2.24) is 0 Å². The summed E-state index contributed by atoms with van der Waals surface area (Å²) in [7, 11) is 0. The molecular formula is C9H11FN2O2. The molecule has 14 heavy (non-hydrogen) atoms. The van der Waals surface area contributed by atoms with Gasteiger partial charge >= 0.3 is 5.97 Å². The van der Waals surface area contributed by atoms with Gasteiger partial charge in [-0.2, -0.15) is 0 Å². The van der Waals surface area contributed by atoms with Gasteiger partial charge in [-0.15, -0.1) is 0 Å². The number of anilines is 1. The number of hydrogen-bond acceptors (Lipinski definition) is 3. The Hall–Kier alpha value is -1.62. The van der Waals surface area contributed by atoms with Crippen LogP contribution in [-0.2, 0) is 10.3 Å². The Balaban J connectivity index is 3.31. The number of carbonyl (C=O) groups is 1. The maximum Gasteiger partial charge on any atom is 0.328 e. The average molecular weight is 198 g/mol. The number of hydrogen-bond donors (Lipinski definition) is 3. The standard InChI is InChI=1S/C9H11FN2O2/c1-9(12,8(13)14)6-4-5(11)2-3-7(6)10/h2-4H,11-12H2,1H3,(H,13,14). The second-order valence-electron chi connectivity index (χ2n) is 3.25. The van der Waals surface area contributed by atoms with Crippen LogP contribution in [0.25, 0.3) is 0 Å². The number of halogens is 1. The molecule has 0 aliphatic heterocycles. The fourth-order valence-corrected chi connectivity index (χ4v) is 1.06. The maximum atomic E-state index is 13.2. The van der Waals surface area contributed by atoms with Gasteiger partial charge in [0, 0.05) is 11.3 Å². The van der Waals surface area contributed by atoms with Gasteiger partial charge in [0.15, 0.2) is 0 Å². The average Bonchev–Trinajstić information content (AvgIpc) is 2.08. The number of benzene rings is 1. The lowest BCUT2D eigenvalue weighted by molar-refractivity contribution is -0.143. The van der Waals surface area contributed by atoms with E-state index in [0.717, 1.165) is 6.07 Å². The van der Waals surface area contributed by atoms with Crippen molar-refractivity contribution in [2.24, 2.45) is 5.73 Å². The van der Waals surface area contributed by atoms with E-state index >= 15 is 0 Å². The zero-order valence-corrected chi connectivity index (χ0v) is 7.62. The van der Waals surface area contributed by atoms with Crippen LogP contribution in [0.2, 0.25) is 0 Å². The van der Waals surface area contributed by atoms with Crippen molar-refractivity contribution in [3.05, 3.63) is 29.6 Å². The van der Waals surface area contributed by atoms with Gasteiger partial charge in [0.2, 0.25) is 0 Å². The molecule has 0 heterocycles. The minimum absolute atomic E-state index is 0.120. The van der Waals surface area contributed by atoms with Crippen LogP contribution < -0.4 is 11.5 Å². The molecule has 1 atom stereocenters. The summed E-state index contributed by atoms with van der Waals surface area (Å²) < 4.78 is 13.2. The van der Waals surface area contributed by atoms with Crippen molar-refractivity contribution < 1.29 is 14.3 Å². The Kier molecular flexibility index (Phi) is 2.44. The van der Waals surface area contributed by atoms with E-state index in [2.05, 4.69) is 0 Å². The predicted molar refractivity (Wildman–Crippen MR) is 50.0 cm³/mol. The Labute approximate surface area is 80.3 Å². The first-order chi connectivity index (χ1) is 6.35. The zero-order chi connectivity index (χ0) is 10.9. The van der Waals surface area contributed by atoms with Gasteiger partial charge < -0.3 is 16.6 Å². The van der Waals surface area contributed by atoms with Gasteiger partial charge in [0.05, 0.1) is 0 Å². The lowest BCUT2D eigenvalue weighted by Gasteiger charge is -2.20. The van der Waals surface area contributed by atoms with Crippen LogP contribution in [0.1, 0.15) is 12.5 Å². The number of rotatable bonds is 2. The Morgan fingerprint density at radius 1 is 1.57 bits per heavy atom. The monoisotopic (exact) mass is 198 g/mol. The first-order valence-corrected chi connectivity index (χ1v) is 3.93. The highest BCUT2D eigenvalue weighted by Crippen LogP contribution is 2.23. The highest BCUT2D eigenvalue weighted by molar-refractivity contribution is 5.80. The topological polar surface area (TPSA) is 89.3 Å². The number of aliphatic carboxylic acids is 1. The van der Waals surface area contributed by atoms with E-state index in [1.165, 1.54) is 19.1 Å². The number of nitrogen functional groups attached to an aromatic ring is 1. The van der Waals surface area contributed by atoms with E-state index in [9.17, 15) is 9.18 Å². The highest BCUT2D eigenvalue weighted by Gasteiger charge is 2.33. The molecular weight excluding hydrogens is 187 g/mol. The normalized spacial score (nSPS) is 14.8. The second-order valence-corrected chi connectivity index (χ2v) is 3.25. The fourth-order valence-electron chi connectivity index (χ4n) is 1.06. The van der Waals surface area contributed by atoms with Crippen LogP contribution in [0, 0.1) is 5.82 Å². The van der Waals surface area contributed by atoms with Crippen molar-refractivity contribution in [3.63, 3.8) is 0 Å². The molecule has 0 saturated carbocycles. The van der Waals surface area contributed by atoms with E-state index in [1.807, 2.05) is 0 Å². The van der Waals surface area contributed by atoms with E-state index in [4.69, 9.17) is 16.6 Å². The summed E-state index contributed by atoms with van der Waals surface area (Å²) in [6, 6.07) is 3.67. The smallest absolute Gasteiger partial charge is 0.328 e. The molecule has 0 aromatic heterocycles. The van der Waals surface area contributed by atoms with Crippen molar-refractivity contribution in [2.75, 3.05) is 5.73 Å². The first-order valence-electron chi connectivity index (χ1n) is 3.93. The number of nitrogens with two attached hydrogens (primary N) is 2. The molecule has 1 aromatic rings. The van der Waals surface area contributed by atoms with Gasteiger partial charge in [-0.25, -0.2) is 9.18 Å². The molecule has 1 rings (SSSR count). The molecule has 0 saturated heterocycles. The summed E-state index contributed by atoms with van der Waals surface area (Å²) in [6.45, 7) is 1.22. The molecule has 5 heteroatoms. The van der Waals surface area contributed by atoms with E-state index in [1.54, 1.807) is 0 Å². The summed E-state index contributed by atoms with van der Waals surface area (Å²) in [4.78, 5) is 10.8. The van der Waals surface area contributed by atoms with Crippen molar-refractivity contribution in [1.29, 1.82) is 0 Å². The summed E-state index contributed by atoms with van der Waals surface area (Å²) >= 11 is 0. The van der Waals surface area contributed by atoms with Gasteiger partial charge in [-0.1, -0.05) is 0 Å². The van der Waals surface area contributed by atoms with Gasteiger partial charge in [0.25, 0.3) is 0 Å². The number of carboxylic acids is 1. The molecule has 1 unspecified atom stereocenters. The maximum absolute atomic E-state index is 13.2. The Morgan fingerprint density at radius 3 is 2.64 bits per heavy atom. The first kappa shape index (κ1) is 10.5. The third-order valence-electron chi connectivity index (χ3n) is 1.99. The van der Waals surface area contributed by atoms with E-state index in [-0.39, 0.29) is 11.3 Å². The third-order valence-corrected chi connectivity index (χ3v) is 1.99. The highest BCUT2D eigenvalue weighted by atomic mass is 19.1. The Bertz CT molecular complexity index is 377. The van der Waals surface area contributed by atoms with Crippen molar-refractivity contribution in [3.8, 4) is 0 Å². The fraction of sp³-hybridized carbons (Fsp3) is 0.222. The summed E-state index contributed by atoms with van der Waals surface area (Å²) in [6.07, 6.45) is 0. The summed E-state index contributed by atoms with van der Waals surface area (Å²) in [5, 5.41) is 8.78. The number of carboxylic acid groups (broad SMARTS) is 1. The molecule has 0 bridgehead atoms. The van der Waals surface area contributed by atoms with Crippen molar-refractivity contribution in [2.45, 2.75) is 12.5 Å². The minimum atomic E-state index is -1.76. The molecule has 0 radical (unpaired) electrons. The molecule has 4 nitrogen and oxygen atoms in total. The van der Waals surface area contributed by atoms with E-state index in [0.29, 0.717) is 0 Å². The van der Waals surface area contributed by atoms with Crippen LogP contribution in [-0.4, -0.2) is 11.1 Å². The summed E-state index contributed by atoms with van der Waals surface area (Å²) in [5.74, 6) is -1.98. The van der Waals surface area contributed by atoms with Crippen molar-refractivity contribution >= 4 is 11.7 Å². The predicted octanol–water partition coefficient (Wildman–Crippen LogP) is 0.666. The molecule has 5 N–H and O–H groups in total. The quantitative estimate of drug-likeness (QED) is 0.609. The van der Waals surface area contributed by atoms with Crippen LogP contribution in [0.5, 0.6) is 0 Å². The molecule has 1 aromatic carbocycles. The van der Waals surface area contributed by atoms with Crippen LogP contribution >= 0.6 is 0 Å². The minimum Gasteiger partial charge on any atom is -0.480 e. The largest absolute Gasteiger partial charge is 0.480 e. The second kappa shape index (κ2) is 3.26. The van der Waals surface area contributed by atoms with E-state index < -0.39 is 17.3 Å². The van der Waals surface area contributed by atoms with Gasteiger partial charge in [-0.05, 0) is 25.1 Å². The van der Waals surface area contributed by atoms with Crippen LogP contribution in [0.4, 0.5) is 10.1 Å². The third kappa shape index (κ3) is 1.67. The van der Waals surface area contributed by atoms with Crippen LogP contribution in [0.3, 0.4) is 0 Å². The molecule has 0 fully saturated rings. The Morgan fingerprint density at radius 2 is 2.14 bits per heavy atom. The lowest BCUT2D eigenvalue weighted by atomic mass is 9.92. The molecule has 0 amide bonds. The molecule has 0 spiro atoms. The lowest BCUT2D eigenvalue weighted by Crippen LogP contribution is -2.42. The van der Waals surface area contributed by atoms with Crippen LogP contribution in [0.15, 0.2) is 18.2 Å². The van der Waals surface area contributed by atoms with Gasteiger partial charge in [-0.3, -0.25) is 0 Å². The molecule has 76 valence electrons. The SMILES string of the molecule is CC(N)(C(=O)O)c1cc(N)ccc1F. The van der Waals surface area contributed by atoms with Gasteiger partial charge in [0.1, 0.15) is 11.4 Å². The molecule has 0 aliphatic rings. The molecule has 0 aliphatic carbocycles. The zero-order valence-electron chi connectivity index (χ0n) is 7.62.